The van der Waals surface area contributed by atoms with Crippen molar-refractivity contribution in [3.63, 3.8) is 0 Å². The number of rotatable bonds is 1. The third kappa shape index (κ3) is 1.69. The summed E-state index contributed by atoms with van der Waals surface area (Å²) < 4.78 is 28.7. The Morgan fingerprint density at radius 1 is 1.41 bits per heavy atom. The summed E-state index contributed by atoms with van der Waals surface area (Å²) in [6.45, 7) is 0. The standard InChI is InChI=1S/C12H15NO3S/c1-16-11-4-2-3-8-9-7-17(14,15)6-5-10(9)13-12(8)11/h2-4,9-10,13H,5-7H2,1H3. The maximum atomic E-state index is 11.7. The largest absolute Gasteiger partial charge is 0.495 e. The maximum absolute atomic E-state index is 11.7. The zero-order valence-electron chi connectivity index (χ0n) is 9.64. The lowest BCUT2D eigenvalue weighted by molar-refractivity contribution is 0.416. The molecular weight excluding hydrogens is 238 g/mol. The van der Waals surface area contributed by atoms with E-state index in [4.69, 9.17) is 4.74 Å². The van der Waals surface area contributed by atoms with Crippen LogP contribution >= 0.6 is 0 Å². The lowest BCUT2D eigenvalue weighted by atomic mass is 9.95. The fourth-order valence-electron chi connectivity index (χ4n) is 2.83. The first-order valence-electron chi connectivity index (χ1n) is 5.74. The Kier molecular flexibility index (Phi) is 2.33. The van der Waals surface area contributed by atoms with Crippen molar-refractivity contribution in [2.24, 2.45) is 0 Å². The molecule has 1 fully saturated rings. The number of sulfone groups is 1. The van der Waals surface area contributed by atoms with E-state index >= 15 is 0 Å². The number of anilines is 1. The van der Waals surface area contributed by atoms with Crippen LogP contribution in [0.3, 0.4) is 0 Å². The lowest BCUT2D eigenvalue weighted by Gasteiger charge is -2.25. The molecule has 3 rings (SSSR count). The van der Waals surface area contributed by atoms with Crippen molar-refractivity contribution in [1.29, 1.82) is 0 Å². The third-order valence-corrected chi connectivity index (χ3v) is 5.39. The van der Waals surface area contributed by atoms with Crippen LogP contribution < -0.4 is 10.1 Å². The molecule has 2 aliphatic rings. The van der Waals surface area contributed by atoms with E-state index in [-0.39, 0.29) is 23.5 Å². The Labute approximate surface area is 101 Å². The number of ether oxygens (including phenoxy) is 1. The minimum atomic E-state index is -2.88. The Morgan fingerprint density at radius 2 is 2.24 bits per heavy atom. The van der Waals surface area contributed by atoms with Gasteiger partial charge in [0.15, 0.2) is 9.84 Å². The normalized spacial score (nSPS) is 29.0. The molecule has 1 N–H and O–H groups in total. The highest BCUT2D eigenvalue weighted by Gasteiger charge is 2.40. The van der Waals surface area contributed by atoms with Crippen molar-refractivity contribution in [1.82, 2.24) is 0 Å². The summed E-state index contributed by atoms with van der Waals surface area (Å²) in [5.74, 6) is 1.43. The second-order valence-electron chi connectivity index (χ2n) is 4.68. The topological polar surface area (TPSA) is 55.4 Å². The molecule has 0 amide bonds. The predicted molar refractivity (Wildman–Crippen MR) is 66.4 cm³/mol. The van der Waals surface area contributed by atoms with E-state index in [0.29, 0.717) is 6.42 Å². The van der Waals surface area contributed by atoms with Crippen LogP contribution in [0.15, 0.2) is 18.2 Å². The highest BCUT2D eigenvalue weighted by molar-refractivity contribution is 7.91. The Bertz CT molecular complexity index is 553. The van der Waals surface area contributed by atoms with Crippen LogP contribution in [0.25, 0.3) is 0 Å². The molecule has 2 unspecified atom stereocenters. The Morgan fingerprint density at radius 3 is 3.00 bits per heavy atom. The van der Waals surface area contributed by atoms with Gasteiger partial charge in [0.05, 0.1) is 24.3 Å². The molecule has 92 valence electrons. The number of hydrogen-bond donors (Lipinski definition) is 1. The zero-order chi connectivity index (χ0) is 12.0. The summed E-state index contributed by atoms with van der Waals surface area (Å²) in [5.41, 5.74) is 2.06. The fraction of sp³-hybridized carbons (Fsp3) is 0.500. The fourth-order valence-corrected chi connectivity index (χ4v) is 4.57. The van der Waals surface area contributed by atoms with Crippen LogP contribution in [0, 0.1) is 0 Å². The highest BCUT2D eigenvalue weighted by atomic mass is 32.2. The van der Waals surface area contributed by atoms with Gasteiger partial charge in [-0.15, -0.1) is 0 Å². The molecule has 4 nitrogen and oxygen atoms in total. The van der Waals surface area contributed by atoms with Gasteiger partial charge in [-0.05, 0) is 18.1 Å². The van der Waals surface area contributed by atoms with Crippen LogP contribution in [-0.4, -0.2) is 33.1 Å². The van der Waals surface area contributed by atoms with Gasteiger partial charge in [0.1, 0.15) is 5.75 Å². The SMILES string of the molecule is COc1cccc2c1NC1CCS(=O)(=O)CC21. The summed E-state index contributed by atoms with van der Waals surface area (Å²) in [6, 6.07) is 6.06. The minimum absolute atomic E-state index is 0.0823. The molecule has 0 saturated carbocycles. The van der Waals surface area contributed by atoms with Crippen molar-refractivity contribution in [3.05, 3.63) is 23.8 Å². The monoisotopic (exact) mass is 253 g/mol. The van der Waals surface area contributed by atoms with Crippen molar-refractivity contribution in [2.75, 3.05) is 23.9 Å². The summed E-state index contributed by atoms with van der Waals surface area (Å²) in [7, 11) is -1.25. The molecule has 0 spiro atoms. The molecule has 0 aliphatic carbocycles. The second-order valence-corrected chi connectivity index (χ2v) is 6.91. The van der Waals surface area contributed by atoms with E-state index < -0.39 is 9.84 Å². The van der Waals surface area contributed by atoms with Gasteiger partial charge in [0.2, 0.25) is 0 Å². The maximum Gasteiger partial charge on any atom is 0.151 e. The van der Waals surface area contributed by atoms with Gasteiger partial charge in [0, 0.05) is 12.0 Å². The van der Waals surface area contributed by atoms with Gasteiger partial charge in [-0.2, -0.15) is 0 Å². The van der Waals surface area contributed by atoms with Gasteiger partial charge >= 0.3 is 0 Å². The van der Waals surface area contributed by atoms with E-state index in [2.05, 4.69) is 5.32 Å². The molecule has 2 heterocycles. The minimum Gasteiger partial charge on any atom is -0.495 e. The van der Waals surface area contributed by atoms with Crippen LogP contribution in [-0.2, 0) is 9.84 Å². The van der Waals surface area contributed by atoms with Crippen LogP contribution in [0.4, 0.5) is 5.69 Å². The third-order valence-electron chi connectivity index (χ3n) is 3.67. The summed E-state index contributed by atoms with van der Waals surface area (Å²) in [4.78, 5) is 0. The predicted octanol–water partition coefficient (Wildman–Crippen LogP) is 1.39. The van der Waals surface area contributed by atoms with Crippen molar-refractivity contribution >= 4 is 15.5 Å². The summed E-state index contributed by atoms with van der Waals surface area (Å²) in [5, 5.41) is 3.40. The summed E-state index contributed by atoms with van der Waals surface area (Å²) in [6.07, 6.45) is 0.685. The van der Waals surface area contributed by atoms with Gasteiger partial charge in [0.25, 0.3) is 0 Å². The van der Waals surface area contributed by atoms with Crippen molar-refractivity contribution in [3.8, 4) is 5.75 Å². The van der Waals surface area contributed by atoms with E-state index in [1.54, 1.807) is 7.11 Å². The second kappa shape index (κ2) is 3.63. The number of benzene rings is 1. The molecule has 2 atom stereocenters. The Hall–Kier alpha value is -1.23. The smallest absolute Gasteiger partial charge is 0.151 e. The van der Waals surface area contributed by atoms with Gasteiger partial charge in [-0.1, -0.05) is 12.1 Å². The number of nitrogens with one attached hydrogen (secondary N) is 1. The van der Waals surface area contributed by atoms with Gasteiger partial charge in [-0.3, -0.25) is 0 Å². The highest BCUT2D eigenvalue weighted by Crippen LogP contribution is 2.45. The zero-order valence-corrected chi connectivity index (χ0v) is 10.5. The van der Waals surface area contributed by atoms with Gasteiger partial charge < -0.3 is 10.1 Å². The number of methoxy groups -OCH3 is 1. The molecule has 0 aromatic heterocycles. The molecule has 0 radical (unpaired) electrons. The van der Waals surface area contributed by atoms with E-state index in [9.17, 15) is 8.42 Å². The van der Waals surface area contributed by atoms with Crippen LogP contribution in [0.2, 0.25) is 0 Å². The summed E-state index contributed by atoms with van der Waals surface area (Å²) >= 11 is 0. The number of fused-ring (bicyclic) bond motifs is 3. The van der Waals surface area contributed by atoms with Crippen LogP contribution in [0.5, 0.6) is 5.75 Å². The first-order chi connectivity index (χ1) is 8.11. The first kappa shape index (κ1) is 10.9. The molecule has 2 aliphatic heterocycles. The number of para-hydroxylation sites is 1. The number of hydrogen-bond acceptors (Lipinski definition) is 4. The van der Waals surface area contributed by atoms with E-state index in [1.165, 1.54) is 0 Å². The first-order valence-corrected chi connectivity index (χ1v) is 7.57. The van der Waals surface area contributed by atoms with E-state index in [1.807, 2.05) is 18.2 Å². The molecule has 1 aromatic carbocycles. The average molecular weight is 253 g/mol. The van der Waals surface area contributed by atoms with Crippen molar-refractivity contribution < 1.29 is 13.2 Å². The molecule has 17 heavy (non-hydrogen) atoms. The van der Waals surface area contributed by atoms with Crippen molar-refractivity contribution in [2.45, 2.75) is 18.4 Å². The molecule has 1 saturated heterocycles. The van der Waals surface area contributed by atoms with E-state index in [0.717, 1.165) is 17.0 Å². The van der Waals surface area contributed by atoms with Crippen LogP contribution in [0.1, 0.15) is 17.9 Å². The lowest BCUT2D eigenvalue weighted by Crippen LogP contribution is -2.35. The average Bonchev–Trinajstić information content (AvgIpc) is 2.65. The molecule has 5 heteroatoms. The molecular formula is C12H15NO3S. The molecule has 1 aromatic rings. The molecule has 0 bridgehead atoms. The van der Waals surface area contributed by atoms with Gasteiger partial charge in [-0.25, -0.2) is 8.42 Å². The Balaban J connectivity index is 2.05. The quantitative estimate of drug-likeness (QED) is 0.821.